The highest BCUT2D eigenvalue weighted by atomic mass is 35.5. The summed E-state index contributed by atoms with van der Waals surface area (Å²) in [5.74, 6) is 0. The molecule has 0 bridgehead atoms. The molecule has 0 spiro atoms. The molecule has 0 atom stereocenters. The molecule has 0 fully saturated rings. The molecule has 0 saturated heterocycles. The first-order valence-corrected chi connectivity index (χ1v) is 4.80. The number of benzene rings is 1. The van der Waals surface area contributed by atoms with E-state index in [4.69, 9.17) is 5.73 Å². The van der Waals surface area contributed by atoms with E-state index in [2.05, 4.69) is 23.2 Å². The molecule has 0 radical (unpaired) electrons. The van der Waals surface area contributed by atoms with Crippen LogP contribution in [-0.4, -0.2) is 11.5 Å². The topological polar surface area (TPSA) is 38.9 Å². The summed E-state index contributed by atoms with van der Waals surface area (Å²) in [5.41, 5.74) is 9.72. The maximum atomic E-state index is 5.47. The summed E-state index contributed by atoms with van der Waals surface area (Å²) in [7, 11) is 0. The van der Waals surface area contributed by atoms with E-state index in [9.17, 15) is 0 Å². The number of hydrogen-bond donors (Lipinski definition) is 1. The zero-order valence-corrected chi connectivity index (χ0v) is 8.70. The van der Waals surface area contributed by atoms with Gasteiger partial charge in [-0.1, -0.05) is 6.07 Å². The van der Waals surface area contributed by atoms with Gasteiger partial charge in [0.15, 0.2) is 0 Å². The summed E-state index contributed by atoms with van der Waals surface area (Å²) in [4.78, 5) is 4.21. The van der Waals surface area contributed by atoms with Gasteiger partial charge in [-0.3, -0.25) is 0 Å². The third-order valence-electron chi connectivity index (χ3n) is 1.83. The number of rotatable bonds is 2. The first-order valence-electron chi connectivity index (χ1n) is 3.92. The Morgan fingerprint density at radius 1 is 1.38 bits per heavy atom. The summed E-state index contributed by atoms with van der Waals surface area (Å²) >= 11 is 1.68. The predicted octanol–water partition coefficient (Wildman–Crippen LogP) is 2.22. The van der Waals surface area contributed by atoms with Crippen molar-refractivity contribution in [2.75, 3.05) is 6.54 Å². The molecule has 70 valence electrons. The lowest BCUT2D eigenvalue weighted by Crippen LogP contribution is -2.02. The third kappa shape index (κ3) is 2.18. The molecular weight excluding hydrogens is 204 g/mol. The summed E-state index contributed by atoms with van der Waals surface area (Å²) < 4.78 is 1.25. The van der Waals surface area contributed by atoms with E-state index in [1.54, 1.807) is 11.3 Å². The van der Waals surface area contributed by atoms with E-state index in [-0.39, 0.29) is 12.4 Å². The number of aromatic nitrogens is 1. The lowest BCUT2D eigenvalue weighted by molar-refractivity contribution is 0.971. The van der Waals surface area contributed by atoms with Crippen LogP contribution in [0.2, 0.25) is 0 Å². The Morgan fingerprint density at radius 2 is 2.23 bits per heavy atom. The van der Waals surface area contributed by atoms with E-state index in [0.29, 0.717) is 6.54 Å². The van der Waals surface area contributed by atoms with Crippen LogP contribution in [0.5, 0.6) is 0 Å². The van der Waals surface area contributed by atoms with Crippen molar-refractivity contribution in [2.45, 2.75) is 6.42 Å². The number of halogens is 1. The smallest absolute Gasteiger partial charge is 0.0812 e. The van der Waals surface area contributed by atoms with Gasteiger partial charge in [0.2, 0.25) is 0 Å². The van der Waals surface area contributed by atoms with Crippen LogP contribution in [0.1, 0.15) is 5.56 Å². The fraction of sp³-hybridized carbons (Fsp3) is 0.222. The zero-order chi connectivity index (χ0) is 8.39. The Morgan fingerprint density at radius 3 is 3.00 bits per heavy atom. The summed E-state index contributed by atoms with van der Waals surface area (Å²) in [6.45, 7) is 0.713. The number of hydrogen-bond acceptors (Lipinski definition) is 3. The van der Waals surface area contributed by atoms with Crippen molar-refractivity contribution < 1.29 is 0 Å². The lowest BCUT2D eigenvalue weighted by atomic mass is 10.1. The fourth-order valence-corrected chi connectivity index (χ4v) is 1.96. The first-order chi connectivity index (χ1) is 5.90. The van der Waals surface area contributed by atoms with Gasteiger partial charge in [-0.05, 0) is 30.7 Å². The predicted molar refractivity (Wildman–Crippen MR) is 59.6 cm³/mol. The largest absolute Gasteiger partial charge is 0.330 e. The van der Waals surface area contributed by atoms with Crippen molar-refractivity contribution in [2.24, 2.45) is 5.73 Å². The van der Waals surface area contributed by atoms with E-state index >= 15 is 0 Å². The van der Waals surface area contributed by atoms with E-state index in [1.165, 1.54) is 10.3 Å². The highest BCUT2D eigenvalue weighted by Gasteiger charge is 1.97. The minimum atomic E-state index is 0. The Kier molecular flexibility index (Phi) is 3.66. The Balaban J connectivity index is 0.000000845. The lowest BCUT2D eigenvalue weighted by Gasteiger charge is -1.96. The molecule has 0 aliphatic heterocycles. The van der Waals surface area contributed by atoms with E-state index in [1.807, 2.05) is 5.51 Å². The Labute approximate surface area is 87.2 Å². The van der Waals surface area contributed by atoms with Crippen LogP contribution >= 0.6 is 23.7 Å². The van der Waals surface area contributed by atoms with E-state index in [0.717, 1.165) is 11.9 Å². The molecule has 2 N–H and O–H groups in total. The van der Waals surface area contributed by atoms with Crippen LogP contribution in [0.25, 0.3) is 10.2 Å². The average Bonchev–Trinajstić information content (AvgIpc) is 2.51. The number of nitrogens with two attached hydrogens (primary N) is 1. The Bertz CT molecular complexity index is 386. The van der Waals surface area contributed by atoms with Crippen LogP contribution < -0.4 is 5.73 Å². The zero-order valence-electron chi connectivity index (χ0n) is 7.06. The number of thiazole rings is 1. The molecule has 2 aromatic rings. The van der Waals surface area contributed by atoms with Gasteiger partial charge in [0.1, 0.15) is 0 Å². The highest BCUT2D eigenvalue weighted by Crippen LogP contribution is 2.18. The van der Waals surface area contributed by atoms with Crippen LogP contribution in [0.15, 0.2) is 23.7 Å². The maximum absolute atomic E-state index is 5.47. The molecule has 1 heterocycles. The van der Waals surface area contributed by atoms with Crippen LogP contribution in [0, 0.1) is 0 Å². The quantitative estimate of drug-likeness (QED) is 0.833. The van der Waals surface area contributed by atoms with Crippen molar-refractivity contribution >= 4 is 34.0 Å². The van der Waals surface area contributed by atoms with Gasteiger partial charge in [-0.15, -0.1) is 23.7 Å². The maximum Gasteiger partial charge on any atom is 0.0812 e. The third-order valence-corrected chi connectivity index (χ3v) is 2.62. The second-order valence-corrected chi connectivity index (χ2v) is 3.58. The van der Waals surface area contributed by atoms with Crippen molar-refractivity contribution in [1.29, 1.82) is 0 Å². The van der Waals surface area contributed by atoms with Crippen molar-refractivity contribution in [1.82, 2.24) is 4.98 Å². The molecular formula is C9H11ClN2S. The molecule has 0 unspecified atom stereocenters. The standard InChI is InChI=1S/C9H10N2S.ClH/c10-4-3-7-1-2-8-9(5-7)12-6-11-8;/h1-2,5-6H,3-4,10H2;1H. The van der Waals surface area contributed by atoms with Gasteiger partial charge in [0, 0.05) is 0 Å². The minimum absolute atomic E-state index is 0. The second-order valence-electron chi connectivity index (χ2n) is 2.69. The molecule has 0 saturated carbocycles. The molecule has 1 aromatic heterocycles. The van der Waals surface area contributed by atoms with Gasteiger partial charge in [0.05, 0.1) is 15.7 Å². The number of fused-ring (bicyclic) bond motifs is 1. The van der Waals surface area contributed by atoms with Gasteiger partial charge >= 0.3 is 0 Å². The molecule has 4 heteroatoms. The molecule has 0 amide bonds. The van der Waals surface area contributed by atoms with Crippen LogP contribution in [0.3, 0.4) is 0 Å². The minimum Gasteiger partial charge on any atom is -0.330 e. The van der Waals surface area contributed by atoms with Gasteiger partial charge in [0.25, 0.3) is 0 Å². The highest BCUT2D eigenvalue weighted by molar-refractivity contribution is 7.16. The van der Waals surface area contributed by atoms with Crippen LogP contribution in [-0.2, 0) is 6.42 Å². The molecule has 2 nitrogen and oxygen atoms in total. The molecule has 2 rings (SSSR count). The normalized spacial score (nSPS) is 9.92. The molecule has 13 heavy (non-hydrogen) atoms. The molecule has 0 aliphatic rings. The summed E-state index contributed by atoms with van der Waals surface area (Å²) in [5, 5.41) is 0. The molecule has 0 aliphatic carbocycles. The Hall–Kier alpha value is -0.640. The second kappa shape index (κ2) is 4.56. The van der Waals surface area contributed by atoms with Crippen molar-refractivity contribution in [3.05, 3.63) is 29.3 Å². The van der Waals surface area contributed by atoms with E-state index < -0.39 is 0 Å². The van der Waals surface area contributed by atoms with Crippen LogP contribution in [0.4, 0.5) is 0 Å². The molecule has 1 aromatic carbocycles. The average molecular weight is 215 g/mol. The van der Waals surface area contributed by atoms with Gasteiger partial charge in [-0.2, -0.15) is 0 Å². The van der Waals surface area contributed by atoms with Crippen molar-refractivity contribution in [3.8, 4) is 0 Å². The monoisotopic (exact) mass is 214 g/mol. The SMILES string of the molecule is Cl.NCCc1ccc2ncsc2c1. The fourth-order valence-electron chi connectivity index (χ4n) is 1.22. The van der Waals surface area contributed by atoms with Gasteiger partial charge in [-0.25, -0.2) is 4.98 Å². The van der Waals surface area contributed by atoms with Gasteiger partial charge < -0.3 is 5.73 Å². The first kappa shape index (κ1) is 10.4. The number of nitrogens with zero attached hydrogens (tertiary/aromatic N) is 1. The summed E-state index contributed by atoms with van der Waals surface area (Å²) in [6, 6.07) is 6.31. The summed E-state index contributed by atoms with van der Waals surface area (Å²) in [6.07, 6.45) is 0.952. The van der Waals surface area contributed by atoms with Crippen molar-refractivity contribution in [3.63, 3.8) is 0 Å².